The molecule has 7 heteroatoms. The first-order chi connectivity index (χ1) is 13.1. The number of nitrogens with zero attached hydrogens (tertiary/aromatic N) is 3. The number of rotatable bonds is 2. The normalized spacial score (nSPS) is 20.6. The molecule has 1 spiro atoms. The van der Waals surface area contributed by atoms with Crippen LogP contribution in [0.2, 0.25) is 0 Å². The van der Waals surface area contributed by atoms with Crippen LogP contribution in [0.3, 0.4) is 0 Å². The van der Waals surface area contributed by atoms with Gasteiger partial charge in [0.1, 0.15) is 16.4 Å². The smallest absolute Gasteiger partial charge is 0.265 e. The summed E-state index contributed by atoms with van der Waals surface area (Å²) in [5.41, 5.74) is 2.99. The van der Waals surface area contributed by atoms with Gasteiger partial charge in [-0.25, -0.2) is 4.98 Å². The zero-order valence-electron chi connectivity index (χ0n) is 15.2. The number of fused-ring (bicyclic) bond motifs is 1. The Kier molecular flexibility index (Phi) is 3.79. The van der Waals surface area contributed by atoms with Crippen LogP contribution in [-0.4, -0.2) is 42.4 Å². The lowest BCUT2D eigenvalue weighted by Gasteiger charge is -2.45. The van der Waals surface area contributed by atoms with Gasteiger partial charge in [0.2, 0.25) is 0 Å². The van der Waals surface area contributed by atoms with Crippen LogP contribution in [0, 0.1) is 0 Å². The van der Waals surface area contributed by atoms with Crippen molar-refractivity contribution in [2.75, 3.05) is 29.9 Å². The third-order valence-corrected chi connectivity index (χ3v) is 6.70. The van der Waals surface area contributed by atoms with E-state index in [1.807, 2.05) is 30.6 Å². The maximum absolute atomic E-state index is 12.8. The number of amides is 1. The summed E-state index contributed by atoms with van der Waals surface area (Å²) in [5, 5.41) is 6.88. The van der Waals surface area contributed by atoms with Gasteiger partial charge in [0, 0.05) is 48.8 Å². The van der Waals surface area contributed by atoms with Crippen molar-refractivity contribution < 1.29 is 4.79 Å². The van der Waals surface area contributed by atoms with E-state index in [-0.39, 0.29) is 11.6 Å². The molecule has 0 aliphatic carbocycles. The zero-order valence-corrected chi connectivity index (χ0v) is 16.0. The van der Waals surface area contributed by atoms with Crippen molar-refractivity contribution in [1.29, 1.82) is 0 Å². The molecule has 5 heterocycles. The van der Waals surface area contributed by atoms with Crippen molar-refractivity contribution >= 4 is 40.5 Å². The molecule has 1 amide bonds. The largest absolute Gasteiger partial charge is 0.361 e. The van der Waals surface area contributed by atoms with Crippen molar-refractivity contribution in [2.45, 2.75) is 25.4 Å². The van der Waals surface area contributed by atoms with E-state index in [0.717, 1.165) is 59.3 Å². The van der Waals surface area contributed by atoms with Crippen LogP contribution < -0.4 is 15.5 Å². The van der Waals surface area contributed by atoms with E-state index >= 15 is 0 Å². The number of thiophene rings is 1. The van der Waals surface area contributed by atoms with E-state index in [9.17, 15) is 4.79 Å². The Morgan fingerprint density at radius 1 is 1.22 bits per heavy atom. The molecule has 3 aliphatic heterocycles. The standard InChI is InChI=1S/C20H21N5OS/c1-13-11-21-12-14(13)16-10-15-18(27-16)19(26)24-20(23-15)5-8-25(9-6-20)17-4-2-3-7-22-17/h2-4,7,10,12,23H,5-6,8-9,11H2,1H3,(H,24,26). The molecule has 0 aromatic carbocycles. The topological polar surface area (TPSA) is 69.6 Å². The minimum absolute atomic E-state index is 0.0273. The summed E-state index contributed by atoms with van der Waals surface area (Å²) >= 11 is 1.55. The van der Waals surface area contributed by atoms with Crippen LogP contribution in [0.25, 0.3) is 5.57 Å². The number of carbonyl (C=O) groups excluding carboxylic acids is 1. The van der Waals surface area contributed by atoms with Crippen LogP contribution in [0.15, 0.2) is 41.0 Å². The van der Waals surface area contributed by atoms with Gasteiger partial charge in [-0.3, -0.25) is 9.79 Å². The fourth-order valence-electron chi connectivity index (χ4n) is 4.00. The second-order valence-electron chi connectivity index (χ2n) is 7.35. The highest BCUT2D eigenvalue weighted by atomic mass is 32.1. The summed E-state index contributed by atoms with van der Waals surface area (Å²) in [6.45, 7) is 4.56. The van der Waals surface area contributed by atoms with Gasteiger partial charge in [-0.05, 0) is 30.7 Å². The van der Waals surface area contributed by atoms with Gasteiger partial charge in [0.15, 0.2) is 0 Å². The first kappa shape index (κ1) is 16.5. The fourth-order valence-corrected chi connectivity index (χ4v) is 5.10. The van der Waals surface area contributed by atoms with Gasteiger partial charge >= 0.3 is 0 Å². The number of nitrogens with one attached hydrogen (secondary N) is 2. The SMILES string of the molecule is CC1=C(c2cc3c(s2)C(=O)NC2(CCN(c4ccccn4)CC2)N3)C=NC1. The highest BCUT2D eigenvalue weighted by Crippen LogP contribution is 2.39. The molecule has 1 fully saturated rings. The lowest BCUT2D eigenvalue weighted by Crippen LogP contribution is -2.62. The molecule has 1 saturated heterocycles. The molecule has 138 valence electrons. The van der Waals surface area contributed by atoms with Crippen molar-refractivity contribution in [3.63, 3.8) is 0 Å². The number of aliphatic imine (C=N–C) groups is 1. The third-order valence-electron chi connectivity index (χ3n) is 5.53. The van der Waals surface area contributed by atoms with Crippen molar-refractivity contribution in [3.8, 4) is 0 Å². The van der Waals surface area contributed by atoms with E-state index in [2.05, 4.69) is 38.5 Å². The summed E-state index contributed by atoms with van der Waals surface area (Å²) in [7, 11) is 0. The molecule has 0 atom stereocenters. The van der Waals surface area contributed by atoms with E-state index in [1.165, 1.54) is 5.57 Å². The molecular weight excluding hydrogens is 358 g/mol. The summed E-state index contributed by atoms with van der Waals surface area (Å²) in [6, 6.07) is 8.09. The van der Waals surface area contributed by atoms with Gasteiger partial charge in [-0.15, -0.1) is 11.3 Å². The third kappa shape index (κ3) is 2.82. The van der Waals surface area contributed by atoms with E-state index in [4.69, 9.17) is 0 Å². The molecule has 0 bridgehead atoms. The molecule has 0 unspecified atom stereocenters. The van der Waals surface area contributed by atoms with Crippen LogP contribution in [0.1, 0.15) is 34.3 Å². The molecule has 27 heavy (non-hydrogen) atoms. The maximum Gasteiger partial charge on any atom is 0.265 e. The maximum atomic E-state index is 12.8. The average Bonchev–Trinajstić information content (AvgIpc) is 3.29. The van der Waals surface area contributed by atoms with Gasteiger partial charge in [0.25, 0.3) is 5.91 Å². The number of carbonyl (C=O) groups is 1. The molecule has 0 saturated carbocycles. The Labute approximate surface area is 162 Å². The number of hydrogen-bond donors (Lipinski definition) is 2. The molecule has 5 rings (SSSR count). The predicted molar refractivity (Wildman–Crippen MR) is 110 cm³/mol. The second kappa shape index (κ2) is 6.20. The summed E-state index contributed by atoms with van der Waals surface area (Å²) in [6.07, 6.45) is 5.42. The number of aromatic nitrogens is 1. The van der Waals surface area contributed by atoms with Crippen LogP contribution in [-0.2, 0) is 0 Å². The number of anilines is 2. The van der Waals surface area contributed by atoms with Crippen molar-refractivity contribution in [3.05, 3.63) is 45.8 Å². The van der Waals surface area contributed by atoms with Gasteiger partial charge < -0.3 is 15.5 Å². The van der Waals surface area contributed by atoms with E-state index in [1.54, 1.807) is 11.3 Å². The first-order valence-electron chi connectivity index (χ1n) is 9.24. The van der Waals surface area contributed by atoms with E-state index < -0.39 is 0 Å². The Morgan fingerprint density at radius 3 is 2.78 bits per heavy atom. The fraction of sp³-hybridized carbons (Fsp3) is 0.350. The average molecular weight is 379 g/mol. The highest BCUT2D eigenvalue weighted by molar-refractivity contribution is 7.16. The van der Waals surface area contributed by atoms with Crippen LogP contribution in [0.5, 0.6) is 0 Å². The monoisotopic (exact) mass is 379 g/mol. The predicted octanol–water partition coefficient (Wildman–Crippen LogP) is 3.15. The minimum atomic E-state index is -0.374. The summed E-state index contributed by atoms with van der Waals surface area (Å²) in [5.74, 6) is 1.02. The number of allylic oxidation sites excluding steroid dienone is 1. The van der Waals surface area contributed by atoms with Gasteiger partial charge in [-0.1, -0.05) is 6.07 Å². The number of hydrogen-bond acceptors (Lipinski definition) is 6. The highest BCUT2D eigenvalue weighted by Gasteiger charge is 2.41. The minimum Gasteiger partial charge on any atom is -0.361 e. The molecule has 3 aliphatic rings. The molecule has 0 radical (unpaired) electrons. The Hall–Kier alpha value is -2.67. The van der Waals surface area contributed by atoms with Crippen LogP contribution in [0.4, 0.5) is 11.5 Å². The Morgan fingerprint density at radius 2 is 2.07 bits per heavy atom. The lowest BCUT2D eigenvalue weighted by molar-refractivity contribution is 0.0890. The molecule has 2 N–H and O–H groups in total. The molecule has 2 aromatic rings. The van der Waals surface area contributed by atoms with Crippen molar-refractivity contribution in [1.82, 2.24) is 10.3 Å². The quantitative estimate of drug-likeness (QED) is 0.841. The van der Waals surface area contributed by atoms with Gasteiger partial charge in [0.05, 0.1) is 12.2 Å². The Balaban J connectivity index is 1.37. The number of pyridine rings is 1. The van der Waals surface area contributed by atoms with Crippen molar-refractivity contribution in [2.24, 2.45) is 4.99 Å². The Bertz CT molecular complexity index is 954. The molecule has 2 aromatic heterocycles. The summed E-state index contributed by atoms with van der Waals surface area (Å²) < 4.78 is 0. The summed E-state index contributed by atoms with van der Waals surface area (Å²) in [4.78, 5) is 25.7. The molecular formula is C20H21N5OS. The molecule has 6 nitrogen and oxygen atoms in total. The second-order valence-corrected chi connectivity index (χ2v) is 8.41. The van der Waals surface area contributed by atoms with E-state index in [0.29, 0.717) is 0 Å². The lowest BCUT2D eigenvalue weighted by atomic mass is 9.94. The zero-order chi connectivity index (χ0) is 18.4. The van der Waals surface area contributed by atoms with Crippen LogP contribution >= 0.6 is 11.3 Å². The van der Waals surface area contributed by atoms with Gasteiger partial charge in [-0.2, -0.15) is 0 Å². The number of piperidine rings is 1. The first-order valence-corrected chi connectivity index (χ1v) is 10.1.